The third kappa shape index (κ3) is 3.57. The molecule has 2 aliphatic heterocycles. The van der Waals surface area contributed by atoms with Crippen LogP contribution in [0.4, 0.5) is 0 Å². The van der Waals surface area contributed by atoms with Crippen molar-refractivity contribution in [1.29, 1.82) is 0 Å². The molecular formula is C14H24N2O6. The maximum absolute atomic E-state index is 11.9. The summed E-state index contributed by atoms with van der Waals surface area (Å²) in [6.07, 6.45) is 3.25. The molecule has 0 bridgehead atoms. The van der Waals surface area contributed by atoms with E-state index < -0.39 is 17.5 Å². The molecule has 2 saturated heterocycles. The smallest absolute Gasteiger partial charge is 0.352 e. The van der Waals surface area contributed by atoms with E-state index in [-0.39, 0.29) is 12.5 Å². The first-order valence-corrected chi connectivity index (χ1v) is 7.50. The minimum Gasteiger partial charge on any atom is -0.466 e. The van der Waals surface area contributed by atoms with Gasteiger partial charge < -0.3 is 9.47 Å². The number of ether oxygens (including phenoxy) is 2. The van der Waals surface area contributed by atoms with E-state index in [9.17, 15) is 9.59 Å². The SMILES string of the molecule is COC(=O)C1(C(=O)OC)CCN(CCCC2CCN(C)O2)O1. The van der Waals surface area contributed by atoms with Crippen molar-refractivity contribution < 1.29 is 28.7 Å². The van der Waals surface area contributed by atoms with Gasteiger partial charge in [0.25, 0.3) is 5.60 Å². The Balaban J connectivity index is 1.82. The molecule has 0 N–H and O–H groups in total. The van der Waals surface area contributed by atoms with Gasteiger partial charge in [0.1, 0.15) is 0 Å². The van der Waals surface area contributed by atoms with Crippen LogP contribution in [-0.2, 0) is 28.7 Å². The lowest BCUT2D eigenvalue weighted by Gasteiger charge is -2.23. The highest BCUT2D eigenvalue weighted by molar-refractivity contribution is 6.03. The molecule has 1 unspecified atom stereocenters. The topological polar surface area (TPSA) is 77.5 Å². The van der Waals surface area contributed by atoms with Gasteiger partial charge in [-0.1, -0.05) is 0 Å². The Bertz CT molecular complexity index is 400. The molecule has 0 aromatic heterocycles. The Morgan fingerprint density at radius 1 is 1.23 bits per heavy atom. The molecule has 8 heteroatoms. The lowest BCUT2D eigenvalue weighted by Crippen LogP contribution is -2.48. The Morgan fingerprint density at radius 3 is 2.45 bits per heavy atom. The van der Waals surface area contributed by atoms with E-state index in [0.29, 0.717) is 13.1 Å². The van der Waals surface area contributed by atoms with Crippen molar-refractivity contribution in [3.05, 3.63) is 0 Å². The van der Waals surface area contributed by atoms with Crippen molar-refractivity contribution in [3.63, 3.8) is 0 Å². The number of hydroxylamine groups is 4. The van der Waals surface area contributed by atoms with Gasteiger partial charge >= 0.3 is 11.9 Å². The molecule has 2 rings (SSSR count). The second kappa shape index (κ2) is 7.36. The zero-order valence-corrected chi connectivity index (χ0v) is 13.4. The van der Waals surface area contributed by atoms with Gasteiger partial charge in [-0.2, -0.15) is 10.1 Å². The molecule has 2 fully saturated rings. The molecule has 0 radical (unpaired) electrons. The van der Waals surface area contributed by atoms with Crippen LogP contribution in [0.2, 0.25) is 0 Å². The summed E-state index contributed by atoms with van der Waals surface area (Å²) in [7, 11) is 4.38. The molecule has 0 amide bonds. The van der Waals surface area contributed by atoms with E-state index in [0.717, 1.165) is 25.8 Å². The Labute approximate surface area is 130 Å². The predicted octanol–water partition coefficient (Wildman–Crippen LogP) is 0.124. The minimum atomic E-state index is -1.66. The molecular weight excluding hydrogens is 292 g/mol. The van der Waals surface area contributed by atoms with Crippen LogP contribution < -0.4 is 0 Å². The van der Waals surface area contributed by atoms with Gasteiger partial charge in [0, 0.05) is 33.1 Å². The Morgan fingerprint density at radius 2 is 1.91 bits per heavy atom. The summed E-state index contributed by atoms with van der Waals surface area (Å²) in [5, 5.41) is 3.48. The second-order valence-electron chi connectivity index (χ2n) is 5.59. The Hall–Kier alpha value is -1.22. The molecule has 2 heterocycles. The van der Waals surface area contributed by atoms with E-state index in [1.165, 1.54) is 14.2 Å². The molecule has 22 heavy (non-hydrogen) atoms. The largest absolute Gasteiger partial charge is 0.466 e. The number of hydrogen-bond acceptors (Lipinski definition) is 8. The van der Waals surface area contributed by atoms with Crippen LogP contribution >= 0.6 is 0 Å². The van der Waals surface area contributed by atoms with Gasteiger partial charge in [-0.25, -0.2) is 9.59 Å². The number of rotatable bonds is 6. The highest BCUT2D eigenvalue weighted by Crippen LogP contribution is 2.29. The summed E-state index contributed by atoms with van der Waals surface area (Å²) in [5.74, 6) is -1.44. The van der Waals surface area contributed by atoms with Crippen molar-refractivity contribution in [2.24, 2.45) is 0 Å². The lowest BCUT2D eigenvalue weighted by atomic mass is 10.0. The summed E-state index contributed by atoms with van der Waals surface area (Å²) < 4.78 is 9.38. The average Bonchev–Trinajstić information content (AvgIpc) is 3.13. The van der Waals surface area contributed by atoms with Crippen molar-refractivity contribution >= 4 is 11.9 Å². The maximum Gasteiger partial charge on any atom is 0.352 e. The first-order chi connectivity index (χ1) is 10.5. The third-order valence-electron chi connectivity index (χ3n) is 4.06. The molecule has 126 valence electrons. The van der Waals surface area contributed by atoms with Gasteiger partial charge in [0.2, 0.25) is 0 Å². The highest BCUT2D eigenvalue weighted by atomic mass is 16.7. The number of hydrogen-bond donors (Lipinski definition) is 0. The van der Waals surface area contributed by atoms with Crippen molar-refractivity contribution in [2.75, 3.05) is 40.9 Å². The molecule has 1 atom stereocenters. The lowest BCUT2D eigenvalue weighted by molar-refractivity contribution is -0.222. The first-order valence-electron chi connectivity index (χ1n) is 7.50. The van der Waals surface area contributed by atoms with Crippen LogP contribution in [0, 0.1) is 0 Å². The fourth-order valence-electron chi connectivity index (χ4n) is 2.82. The second-order valence-corrected chi connectivity index (χ2v) is 5.59. The summed E-state index contributed by atoms with van der Waals surface area (Å²) in [4.78, 5) is 35.0. The summed E-state index contributed by atoms with van der Waals surface area (Å²) >= 11 is 0. The zero-order chi connectivity index (χ0) is 16.2. The van der Waals surface area contributed by atoms with Crippen molar-refractivity contribution in [3.8, 4) is 0 Å². The van der Waals surface area contributed by atoms with Gasteiger partial charge in [0.05, 0.1) is 20.3 Å². The number of methoxy groups -OCH3 is 2. The Kier molecular flexibility index (Phi) is 5.74. The number of nitrogens with zero attached hydrogens (tertiary/aromatic N) is 2. The molecule has 0 aromatic rings. The average molecular weight is 316 g/mol. The van der Waals surface area contributed by atoms with E-state index in [4.69, 9.17) is 9.68 Å². The molecule has 8 nitrogen and oxygen atoms in total. The standard InChI is InChI=1S/C14H24N2O6/c1-15-9-6-11(21-15)5-4-8-16-10-7-14(22-16,12(17)19-2)13(18)20-3/h11H,4-10H2,1-3H3. The fourth-order valence-corrected chi connectivity index (χ4v) is 2.82. The van der Waals surface area contributed by atoms with Gasteiger partial charge in [0.15, 0.2) is 0 Å². The summed E-state index contributed by atoms with van der Waals surface area (Å²) in [5.41, 5.74) is -1.66. The van der Waals surface area contributed by atoms with Crippen LogP contribution in [0.1, 0.15) is 25.7 Å². The number of carbonyl (C=O) groups is 2. The quantitative estimate of drug-likeness (QED) is 0.505. The highest BCUT2D eigenvalue weighted by Gasteiger charge is 2.55. The van der Waals surface area contributed by atoms with Crippen LogP contribution in [0.3, 0.4) is 0 Å². The number of esters is 2. The van der Waals surface area contributed by atoms with Crippen LogP contribution in [0.25, 0.3) is 0 Å². The van der Waals surface area contributed by atoms with E-state index in [2.05, 4.69) is 9.47 Å². The molecule has 2 aliphatic rings. The monoisotopic (exact) mass is 316 g/mol. The number of carbonyl (C=O) groups excluding carboxylic acids is 2. The van der Waals surface area contributed by atoms with Crippen LogP contribution in [-0.4, -0.2) is 74.7 Å². The van der Waals surface area contributed by atoms with Crippen LogP contribution in [0.5, 0.6) is 0 Å². The van der Waals surface area contributed by atoms with E-state index in [1.54, 1.807) is 5.06 Å². The third-order valence-corrected chi connectivity index (χ3v) is 4.06. The zero-order valence-electron chi connectivity index (χ0n) is 13.4. The molecule has 0 spiro atoms. The fraction of sp³-hybridized carbons (Fsp3) is 0.857. The predicted molar refractivity (Wildman–Crippen MR) is 75.4 cm³/mol. The summed E-state index contributed by atoms with van der Waals surface area (Å²) in [6.45, 7) is 2.05. The molecule has 0 aliphatic carbocycles. The van der Waals surface area contributed by atoms with E-state index in [1.807, 2.05) is 12.1 Å². The van der Waals surface area contributed by atoms with Gasteiger partial charge in [-0.05, 0) is 19.3 Å². The van der Waals surface area contributed by atoms with Crippen molar-refractivity contribution in [1.82, 2.24) is 10.1 Å². The van der Waals surface area contributed by atoms with Gasteiger partial charge in [-0.15, -0.1) is 0 Å². The van der Waals surface area contributed by atoms with Crippen LogP contribution in [0.15, 0.2) is 0 Å². The van der Waals surface area contributed by atoms with E-state index >= 15 is 0 Å². The summed E-state index contributed by atoms with van der Waals surface area (Å²) in [6, 6.07) is 0. The first kappa shape index (κ1) is 17.1. The maximum atomic E-state index is 11.9. The van der Waals surface area contributed by atoms with Crippen molar-refractivity contribution in [2.45, 2.75) is 37.4 Å². The van der Waals surface area contributed by atoms with Gasteiger partial charge in [-0.3, -0.25) is 9.68 Å². The minimum absolute atomic E-state index is 0.231. The molecule has 0 aromatic carbocycles. The normalized spacial score (nSPS) is 25.3. The molecule has 0 saturated carbocycles.